The van der Waals surface area contributed by atoms with E-state index in [4.69, 9.17) is 11.6 Å². The minimum atomic E-state index is 0.558. The minimum Gasteiger partial charge on any atom is -0.267 e. The van der Waals surface area contributed by atoms with Crippen molar-refractivity contribution in [1.29, 1.82) is 0 Å². The number of rotatable bonds is 4. The number of aliphatic imine (C=N–C) groups is 1. The molecule has 3 rings (SSSR count). The maximum atomic E-state index is 6.28. The van der Waals surface area contributed by atoms with Crippen LogP contribution < -0.4 is 0 Å². The highest BCUT2D eigenvalue weighted by Crippen LogP contribution is 2.29. The molecule has 1 aromatic heterocycles. The molecule has 2 aromatic carbocycles. The molecule has 104 valence electrons. The van der Waals surface area contributed by atoms with Gasteiger partial charge in [0, 0.05) is 10.4 Å². The molecular formula is C18H14ClNS. The van der Waals surface area contributed by atoms with Crippen LogP contribution in [0.15, 0.2) is 77.1 Å². The lowest BCUT2D eigenvalue weighted by Crippen LogP contribution is -1.92. The molecule has 0 spiro atoms. The van der Waals surface area contributed by atoms with Crippen molar-refractivity contribution in [3.63, 3.8) is 0 Å². The fourth-order valence-corrected chi connectivity index (χ4v) is 3.15. The van der Waals surface area contributed by atoms with Gasteiger partial charge in [-0.15, -0.1) is 11.3 Å². The highest BCUT2D eigenvalue weighted by atomic mass is 35.5. The third-order valence-corrected chi connectivity index (χ3v) is 4.45. The molecule has 0 bridgehead atoms. The van der Waals surface area contributed by atoms with E-state index >= 15 is 0 Å². The van der Waals surface area contributed by atoms with Crippen molar-refractivity contribution in [2.24, 2.45) is 4.99 Å². The molecule has 0 amide bonds. The Labute approximate surface area is 133 Å². The topological polar surface area (TPSA) is 12.4 Å². The molecule has 0 aliphatic heterocycles. The number of nitrogens with zero attached hydrogens (tertiary/aromatic N) is 1. The minimum absolute atomic E-state index is 0.558. The van der Waals surface area contributed by atoms with Crippen molar-refractivity contribution < 1.29 is 0 Å². The average Bonchev–Trinajstić information content (AvgIpc) is 3.03. The van der Waals surface area contributed by atoms with Crippen molar-refractivity contribution in [3.8, 4) is 11.1 Å². The van der Waals surface area contributed by atoms with E-state index in [1.165, 1.54) is 16.0 Å². The van der Waals surface area contributed by atoms with Gasteiger partial charge in [0.05, 0.1) is 6.54 Å². The summed E-state index contributed by atoms with van der Waals surface area (Å²) in [6.07, 6.45) is 0. The molecule has 0 aliphatic rings. The van der Waals surface area contributed by atoms with Gasteiger partial charge in [-0.3, -0.25) is 4.99 Å². The Bertz CT molecular complexity index is 732. The Kier molecular flexibility index (Phi) is 4.49. The number of hydrogen-bond acceptors (Lipinski definition) is 2. The van der Waals surface area contributed by atoms with Crippen molar-refractivity contribution in [2.75, 3.05) is 0 Å². The molecule has 0 fully saturated rings. The normalized spacial score (nSPS) is 11.6. The van der Waals surface area contributed by atoms with E-state index in [9.17, 15) is 0 Å². The van der Waals surface area contributed by atoms with Crippen molar-refractivity contribution in [1.82, 2.24) is 0 Å². The number of thiophene rings is 1. The van der Waals surface area contributed by atoms with Gasteiger partial charge < -0.3 is 0 Å². The van der Waals surface area contributed by atoms with Gasteiger partial charge in [0.25, 0.3) is 0 Å². The van der Waals surface area contributed by atoms with Gasteiger partial charge in [-0.25, -0.2) is 0 Å². The molecule has 3 heteroatoms. The number of halogens is 1. The molecule has 3 aromatic rings. The second kappa shape index (κ2) is 6.70. The molecular weight excluding hydrogens is 298 g/mol. The number of hydrogen-bond donors (Lipinski definition) is 0. The van der Waals surface area contributed by atoms with Crippen molar-refractivity contribution in [3.05, 3.63) is 82.6 Å². The molecule has 0 saturated heterocycles. The summed E-state index contributed by atoms with van der Waals surface area (Å²) in [6, 6.07) is 22.4. The quantitative estimate of drug-likeness (QED) is 0.556. The summed E-state index contributed by atoms with van der Waals surface area (Å²) in [6.45, 7) is 0.607. The van der Waals surface area contributed by atoms with Crippen LogP contribution in [0.3, 0.4) is 0 Å². The third-order valence-electron chi connectivity index (χ3n) is 3.20. The smallest absolute Gasteiger partial charge is 0.131 e. The molecule has 0 atom stereocenters. The maximum Gasteiger partial charge on any atom is 0.131 e. The zero-order chi connectivity index (χ0) is 14.5. The van der Waals surface area contributed by atoms with Crippen molar-refractivity contribution in [2.45, 2.75) is 6.54 Å². The van der Waals surface area contributed by atoms with E-state index in [1.807, 2.05) is 36.4 Å². The van der Waals surface area contributed by atoms with E-state index in [0.29, 0.717) is 11.7 Å². The molecule has 1 nitrogen and oxygen atoms in total. The zero-order valence-electron chi connectivity index (χ0n) is 11.4. The molecule has 1 heterocycles. The van der Waals surface area contributed by atoms with Crippen LogP contribution in [0.25, 0.3) is 11.1 Å². The monoisotopic (exact) mass is 311 g/mol. The lowest BCUT2D eigenvalue weighted by molar-refractivity contribution is 1.11. The summed E-state index contributed by atoms with van der Waals surface area (Å²) in [4.78, 5) is 5.75. The van der Waals surface area contributed by atoms with Crippen LogP contribution in [0.1, 0.15) is 10.4 Å². The fourth-order valence-electron chi connectivity index (χ4n) is 2.15. The average molecular weight is 312 g/mol. The standard InChI is InChI=1S/C18H14ClNS/c19-18(15-9-5-2-6-10-15)20-13-17-16(11-12-21-17)14-7-3-1-4-8-14/h1-12H,13H2. The van der Waals surface area contributed by atoms with E-state index in [1.54, 1.807) is 11.3 Å². The van der Waals surface area contributed by atoms with Gasteiger partial charge in [-0.1, -0.05) is 72.3 Å². The molecule has 0 N–H and O–H groups in total. The molecule has 0 unspecified atom stereocenters. The Morgan fingerprint density at radius 1 is 0.905 bits per heavy atom. The summed E-state index contributed by atoms with van der Waals surface area (Å²) in [5.74, 6) is 0. The Balaban J connectivity index is 1.82. The highest BCUT2D eigenvalue weighted by molar-refractivity contribution is 7.10. The Morgan fingerprint density at radius 2 is 1.57 bits per heavy atom. The predicted octanol–water partition coefficient (Wildman–Crippen LogP) is 5.60. The zero-order valence-corrected chi connectivity index (χ0v) is 12.9. The summed E-state index contributed by atoms with van der Waals surface area (Å²) in [7, 11) is 0. The van der Waals surface area contributed by atoms with Gasteiger partial charge in [0.1, 0.15) is 5.17 Å². The van der Waals surface area contributed by atoms with Crippen LogP contribution in [0.5, 0.6) is 0 Å². The van der Waals surface area contributed by atoms with Crippen LogP contribution in [0.2, 0.25) is 0 Å². The second-order valence-corrected chi connectivity index (χ2v) is 5.96. The molecule has 0 saturated carbocycles. The summed E-state index contributed by atoms with van der Waals surface area (Å²) in [5, 5.41) is 2.66. The first kappa shape index (κ1) is 14.1. The highest BCUT2D eigenvalue weighted by Gasteiger charge is 2.06. The van der Waals surface area contributed by atoms with E-state index < -0.39 is 0 Å². The Hall–Kier alpha value is -1.90. The predicted molar refractivity (Wildman–Crippen MR) is 92.3 cm³/mol. The number of benzene rings is 2. The van der Waals surface area contributed by atoms with Gasteiger partial charge in [0.15, 0.2) is 0 Å². The van der Waals surface area contributed by atoms with Crippen LogP contribution in [-0.2, 0) is 6.54 Å². The maximum absolute atomic E-state index is 6.28. The summed E-state index contributed by atoms with van der Waals surface area (Å²) >= 11 is 7.99. The van der Waals surface area contributed by atoms with Crippen LogP contribution in [0, 0.1) is 0 Å². The van der Waals surface area contributed by atoms with Crippen LogP contribution in [-0.4, -0.2) is 5.17 Å². The molecule has 21 heavy (non-hydrogen) atoms. The van der Waals surface area contributed by atoms with Crippen molar-refractivity contribution >= 4 is 28.1 Å². The first-order chi connectivity index (χ1) is 10.3. The third kappa shape index (κ3) is 3.41. The molecule has 0 aliphatic carbocycles. The second-order valence-electron chi connectivity index (χ2n) is 4.60. The lowest BCUT2D eigenvalue weighted by Gasteiger charge is -2.02. The van der Waals surface area contributed by atoms with E-state index in [0.717, 1.165) is 5.56 Å². The van der Waals surface area contributed by atoms with Crippen LogP contribution >= 0.6 is 22.9 Å². The summed E-state index contributed by atoms with van der Waals surface area (Å²) < 4.78 is 0. The SMILES string of the molecule is ClC(=NCc1sccc1-c1ccccc1)c1ccccc1. The van der Waals surface area contributed by atoms with E-state index in [-0.39, 0.29) is 0 Å². The van der Waals surface area contributed by atoms with Gasteiger partial charge in [0.2, 0.25) is 0 Å². The Morgan fingerprint density at radius 3 is 2.29 bits per heavy atom. The summed E-state index contributed by atoms with van der Waals surface area (Å²) in [5.41, 5.74) is 3.42. The first-order valence-corrected chi connectivity index (χ1v) is 7.97. The first-order valence-electron chi connectivity index (χ1n) is 6.72. The van der Waals surface area contributed by atoms with Gasteiger partial charge >= 0.3 is 0 Å². The van der Waals surface area contributed by atoms with Crippen LogP contribution in [0.4, 0.5) is 0 Å². The lowest BCUT2D eigenvalue weighted by atomic mass is 10.1. The van der Waals surface area contributed by atoms with Gasteiger partial charge in [-0.05, 0) is 22.6 Å². The fraction of sp³-hybridized carbons (Fsp3) is 0.0556. The van der Waals surface area contributed by atoms with Gasteiger partial charge in [-0.2, -0.15) is 0 Å². The largest absolute Gasteiger partial charge is 0.267 e. The molecule has 0 radical (unpaired) electrons. The van der Waals surface area contributed by atoms with E-state index in [2.05, 4.69) is 40.7 Å².